The summed E-state index contributed by atoms with van der Waals surface area (Å²) in [5.74, 6) is -1.96. The first-order valence-corrected chi connectivity index (χ1v) is 12.5. The number of benzene rings is 1. The molecule has 0 heterocycles. The topological polar surface area (TPSA) is 111 Å². The minimum atomic E-state index is -0.831. The van der Waals surface area contributed by atoms with E-state index in [0.717, 1.165) is 5.56 Å². The van der Waals surface area contributed by atoms with E-state index in [1.165, 1.54) is 4.90 Å². The molecule has 0 fully saturated rings. The summed E-state index contributed by atoms with van der Waals surface area (Å²) in [6.07, 6.45) is 0.953. The van der Waals surface area contributed by atoms with Gasteiger partial charge in [-0.05, 0) is 66.9 Å². The molecule has 9 nitrogen and oxygen atoms in total. The SMILES string of the molecule is CCOC(=O)CC(C)N(CC(=O)OC(C)(C)C)C(=O)[C@H](C)N[C@@H](CCc1ccccc1)C(=O)OCC. The van der Waals surface area contributed by atoms with Gasteiger partial charge in [-0.15, -0.1) is 0 Å². The van der Waals surface area contributed by atoms with Crippen LogP contribution in [0.3, 0.4) is 0 Å². The molecule has 1 rings (SSSR count). The molecule has 1 N–H and O–H groups in total. The molecule has 0 aliphatic rings. The molecule has 202 valence electrons. The number of carbonyl (C=O) groups is 4. The van der Waals surface area contributed by atoms with Crippen molar-refractivity contribution in [3.63, 3.8) is 0 Å². The molecule has 0 aromatic heterocycles. The average Bonchev–Trinajstić information content (AvgIpc) is 2.79. The van der Waals surface area contributed by atoms with Crippen molar-refractivity contribution in [3.8, 4) is 0 Å². The Morgan fingerprint density at radius 3 is 2.11 bits per heavy atom. The molecule has 0 aliphatic heterocycles. The smallest absolute Gasteiger partial charge is 0.326 e. The summed E-state index contributed by atoms with van der Waals surface area (Å²) < 4.78 is 15.6. The molecule has 1 aromatic carbocycles. The maximum atomic E-state index is 13.5. The fourth-order valence-electron chi connectivity index (χ4n) is 3.62. The molecule has 0 radical (unpaired) electrons. The molecule has 0 saturated carbocycles. The second-order valence-corrected chi connectivity index (χ2v) is 9.63. The van der Waals surface area contributed by atoms with Gasteiger partial charge < -0.3 is 19.1 Å². The third-order valence-electron chi connectivity index (χ3n) is 5.26. The van der Waals surface area contributed by atoms with Gasteiger partial charge >= 0.3 is 17.9 Å². The Hall–Kier alpha value is -2.94. The van der Waals surface area contributed by atoms with E-state index >= 15 is 0 Å². The van der Waals surface area contributed by atoms with E-state index in [9.17, 15) is 19.2 Å². The fourth-order valence-corrected chi connectivity index (χ4v) is 3.62. The third kappa shape index (κ3) is 11.7. The van der Waals surface area contributed by atoms with Gasteiger partial charge in [-0.3, -0.25) is 24.5 Å². The number of nitrogens with zero attached hydrogens (tertiary/aromatic N) is 1. The van der Waals surface area contributed by atoms with Gasteiger partial charge in [0, 0.05) is 6.04 Å². The van der Waals surface area contributed by atoms with Crippen LogP contribution in [0.1, 0.15) is 66.9 Å². The molecule has 36 heavy (non-hydrogen) atoms. The van der Waals surface area contributed by atoms with Crippen LogP contribution in [-0.2, 0) is 39.8 Å². The van der Waals surface area contributed by atoms with Crippen LogP contribution in [0.4, 0.5) is 0 Å². The van der Waals surface area contributed by atoms with Crippen molar-refractivity contribution in [1.82, 2.24) is 10.2 Å². The maximum Gasteiger partial charge on any atom is 0.326 e. The quantitative estimate of drug-likeness (QED) is 0.303. The largest absolute Gasteiger partial charge is 0.466 e. The van der Waals surface area contributed by atoms with Crippen LogP contribution >= 0.6 is 0 Å². The van der Waals surface area contributed by atoms with Gasteiger partial charge in [0.05, 0.1) is 25.7 Å². The second kappa shape index (κ2) is 15.2. The number of amides is 1. The molecule has 1 unspecified atom stereocenters. The van der Waals surface area contributed by atoms with Crippen molar-refractivity contribution in [2.45, 2.75) is 91.5 Å². The highest BCUT2D eigenvalue weighted by atomic mass is 16.6. The van der Waals surface area contributed by atoms with Crippen LogP contribution in [0.25, 0.3) is 0 Å². The van der Waals surface area contributed by atoms with Crippen LogP contribution in [0.2, 0.25) is 0 Å². The lowest BCUT2D eigenvalue weighted by Gasteiger charge is -2.32. The summed E-state index contributed by atoms with van der Waals surface area (Å²) in [4.78, 5) is 52.0. The first kappa shape index (κ1) is 31.1. The summed E-state index contributed by atoms with van der Waals surface area (Å²) in [6, 6.07) is 7.52. The predicted octanol–water partition coefficient (Wildman–Crippen LogP) is 3.04. The highest BCUT2D eigenvalue weighted by molar-refractivity contribution is 5.87. The number of hydrogen-bond acceptors (Lipinski definition) is 8. The Labute approximate surface area is 214 Å². The van der Waals surface area contributed by atoms with Gasteiger partial charge in [0.2, 0.25) is 5.91 Å². The summed E-state index contributed by atoms with van der Waals surface area (Å²) >= 11 is 0. The lowest BCUT2D eigenvalue weighted by Crippen LogP contribution is -2.54. The number of hydrogen-bond donors (Lipinski definition) is 1. The van der Waals surface area contributed by atoms with E-state index in [1.807, 2.05) is 30.3 Å². The van der Waals surface area contributed by atoms with Crippen LogP contribution < -0.4 is 5.32 Å². The first-order chi connectivity index (χ1) is 16.9. The Bertz CT molecular complexity index is 851. The van der Waals surface area contributed by atoms with Crippen molar-refractivity contribution in [2.24, 2.45) is 0 Å². The molecule has 0 saturated heterocycles. The molecule has 3 atom stereocenters. The molecule has 0 bridgehead atoms. The van der Waals surface area contributed by atoms with Crippen LogP contribution in [-0.4, -0.2) is 72.2 Å². The number of aryl methyl sites for hydroxylation is 1. The zero-order valence-corrected chi connectivity index (χ0v) is 22.7. The van der Waals surface area contributed by atoms with E-state index in [-0.39, 0.29) is 26.2 Å². The monoisotopic (exact) mass is 506 g/mol. The number of nitrogens with one attached hydrogen (secondary N) is 1. The van der Waals surface area contributed by atoms with Gasteiger partial charge in [0.1, 0.15) is 18.2 Å². The summed E-state index contributed by atoms with van der Waals surface area (Å²) in [5.41, 5.74) is 0.328. The normalized spacial score (nSPS) is 13.8. The minimum absolute atomic E-state index is 0.0790. The van der Waals surface area contributed by atoms with Gasteiger partial charge in [0.25, 0.3) is 0 Å². The van der Waals surface area contributed by atoms with Crippen molar-refractivity contribution in [3.05, 3.63) is 35.9 Å². The minimum Gasteiger partial charge on any atom is -0.466 e. The van der Waals surface area contributed by atoms with Crippen LogP contribution in [0.5, 0.6) is 0 Å². The Morgan fingerprint density at radius 1 is 0.944 bits per heavy atom. The second-order valence-electron chi connectivity index (χ2n) is 9.63. The third-order valence-corrected chi connectivity index (χ3v) is 5.26. The maximum absolute atomic E-state index is 13.5. The average molecular weight is 507 g/mol. The Morgan fingerprint density at radius 2 is 1.56 bits per heavy atom. The lowest BCUT2D eigenvalue weighted by atomic mass is 10.0. The fraction of sp³-hybridized carbons (Fsp3) is 0.630. The molecular formula is C27H42N2O7. The molecule has 0 aliphatic carbocycles. The van der Waals surface area contributed by atoms with Crippen LogP contribution in [0, 0.1) is 0 Å². The van der Waals surface area contributed by atoms with Gasteiger partial charge in [-0.2, -0.15) is 0 Å². The predicted molar refractivity (Wildman–Crippen MR) is 136 cm³/mol. The van der Waals surface area contributed by atoms with Crippen molar-refractivity contribution < 1.29 is 33.4 Å². The Balaban J connectivity index is 3.03. The highest BCUT2D eigenvalue weighted by Crippen LogP contribution is 2.13. The van der Waals surface area contributed by atoms with Crippen LogP contribution in [0.15, 0.2) is 30.3 Å². The van der Waals surface area contributed by atoms with Gasteiger partial charge in [0.15, 0.2) is 0 Å². The van der Waals surface area contributed by atoms with Crippen molar-refractivity contribution in [1.29, 1.82) is 0 Å². The highest BCUT2D eigenvalue weighted by Gasteiger charge is 2.32. The van der Waals surface area contributed by atoms with E-state index in [0.29, 0.717) is 12.8 Å². The zero-order chi connectivity index (χ0) is 27.3. The molecule has 0 spiro atoms. The van der Waals surface area contributed by atoms with Gasteiger partial charge in [-0.25, -0.2) is 0 Å². The molecule has 1 aromatic rings. The number of rotatable bonds is 14. The van der Waals surface area contributed by atoms with Gasteiger partial charge in [-0.1, -0.05) is 30.3 Å². The Kier molecular flexibility index (Phi) is 13.2. The number of esters is 3. The van der Waals surface area contributed by atoms with E-state index in [4.69, 9.17) is 14.2 Å². The summed E-state index contributed by atoms with van der Waals surface area (Å²) in [7, 11) is 0. The lowest BCUT2D eigenvalue weighted by molar-refractivity contribution is -0.161. The first-order valence-electron chi connectivity index (χ1n) is 12.5. The molecule has 9 heteroatoms. The van der Waals surface area contributed by atoms with E-state index < -0.39 is 47.5 Å². The number of ether oxygens (including phenoxy) is 3. The summed E-state index contributed by atoms with van der Waals surface area (Å²) in [6.45, 7) is 12.0. The summed E-state index contributed by atoms with van der Waals surface area (Å²) in [5, 5.41) is 3.07. The molecule has 1 amide bonds. The number of carbonyl (C=O) groups excluding carboxylic acids is 4. The standard InChI is InChI=1S/C27H42N2O7/c1-8-34-23(30)17-19(3)29(18-24(31)36-27(5,6)7)25(32)20(4)28-22(26(33)35-9-2)16-15-21-13-11-10-12-14-21/h10-14,19-20,22,28H,8-9,15-18H2,1-7H3/t19?,20-,22-/m0/s1. The van der Waals surface area contributed by atoms with E-state index in [1.54, 1.807) is 48.5 Å². The van der Waals surface area contributed by atoms with Crippen molar-refractivity contribution >= 4 is 23.8 Å². The molecular weight excluding hydrogens is 464 g/mol. The zero-order valence-electron chi connectivity index (χ0n) is 22.7. The van der Waals surface area contributed by atoms with E-state index in [2.05, 4.69) is 5.32 Å². The van der Waals surface area contributed by atoms with Crippen molar-refractivity contribution in [2.75, 3.05) is 19.8 Å².